The van der Waals surface area contributed by atoms with Crippen molar-refractivity contribution in [2.75, 3.05) is 5.32 Å². The monoisotopic (exact) mass is 542 g/mol. The summed E-state index contributed by atoms with van der Waals surface area (Å²) in [5, 5.41) is 12.1. The number of benzene rings is 3. The molecule has 0 fully saturated rings. The van der Waals surface area contributed by atoms with E-state index in [-0.39, 0.29) is 12.3 Å². The summed E-state index contributed by atoms with van der Waals surface area (Å²) in [7, 11) is 0. The number of hydrogen-bond acceptors (Lipinski definition) is 4. The van der Waals surface area contributed by atoms with Crippen LogP contribution < -0.4 is 5.32 Å². The van der Waals surface area contributed by atoms with Gasteiger partial charge in [-0.3, -0.25) is 14.6 Å². The zero-order chi connectivity index (χ0) is 25.1. The van der Waals surface area contributed by atoms with Crippen molar-refractivity contribution in [3.8, 4) is 0 Å². The van der Waals surface area contributed by atoms with Crippen LogP contribution in [0.1, 0.15) is 34.6 Å². The zero-order valence-electron chi connectivity index (χ0n) is 19.3. The number of anilines is 1. The van der Waals surface area contributed by atoms with Crippen molar-refractivity contribution in [3.63, 3.8) is 0 Å². The standard InChI is InChI=1S/C28H23BrN4O3/c29-21-7-10-23-24(15-21)32-28(36)26(23)27(20-3-1-2-18(14-20)6-11-25(34)35)31-22-8-4-19(5-9-22)16-33-13-12-30-17-33/h1-5,7-10,12-15,17,26H,6,11,16H2,(H,32,36)(H,34,35). The quantitative estimate of drug-likeness (QED) is 0.284. The molecule has 0 saturated heterocycles. The van der Waals surface area contributed by atoms with Crippen LogP contribution in [0.5, 0.6) is 0 Å². The fourth-order valence-corrected chi connectivity index (χ4v) is 4.71. The molecule has 36 heavy (non-hydrogen) atoms. The maximum atomic E-state index is 13.2. The maximum Gasteiger partial charge on any atom is 0.303 e. The fourth-order valence-electron chi connectivity index (χ4n) is 4.35. The molecule has 4 aromatic rings. The number of fused-ring (bicyclic) bond motifs is 1. The highest BCUT2D eigenvalue weighted by atomic mass is 79.9. The van der Waals surface area contributed by atoms with Crippen LogP contribution in [-0.4, -0.2) is 32.2 Å². The Labute approximate surface area is 216 Å². The molecule has 1 amide bonds. The van der Waals surface area contributed by atoms with Gasteiger partial charge in [-0.2, -0.15) is 0 Å². The molecule has 7 nitrogen and oxygen atoms in total. The molecule has 8 heteroatoms. The predicted molar refractivity (Wildman–Crippen MR) is 142 cm³/mol. The smallest absolute Gasteiger partial charge is 0.303 e. The molecule has 2 N–H and O–H groups in total. The maximum absolute atomic E-state index is 13.2. The minimum absolute atomic E-state index is 0.0368. The lowest BCUT2D eigenvalue weighted by Crippen LogP contribution is -2.22. The van der Waals surface area contributed by atoms with Crippen LogP contribution in [0.2, 0.25) is 0 Å². The average Bonchev–Trinajstić information content (AvgIpc) is 3.49. The Morgan fingerprint density at radius 1 is 1.08 bits per heavy atom. The van der Waals surface area contributed by atoms with Gasteiger partial charge in [0.15, 0.2) is 0 Å². The van der Waals surface area contributed by atoms with E-state index in [1.807, 2.05) is 77.5 Å². The van der Waals surface area contributed by atoms with Crippen LogP contribution in [0.15, 0.2) is 94.9 Å². The lowest BCUT2D eigenvalue weighted by atomic mass is 9.89. The van der Waals surface area contributed by atoms with Gasteiger partial charge < -0.3 is 15.0 Å². The molecule has 1 unspecified atom stereocenters. The van der Waals surface area contributed by atoms with E-state index in [9.17, 15) is 9.59 Å². The number of carboxylic acid groups (broad SMARTS) is 1. The number of carbonyl (C=O) groups excluding carboxylic acids is 1. The van der Waals surface area contributed by atoms with Gasteiger partial charge in [-0.25, -0.2) is 4.98 Å². The molecular formula is C28H23BrN4O3. The second-order valence-electron chi connectivity index (χ2n) is 8.65. The van der Waals surface area contributed by atoms with Gasteiger partial charge in [0.25, 0.3) is 0 Å². The van der Waals surface area contributed by atoms with E-state index in [0.29, 0.717) is 18.7 Å². The third-order valence-electron chi connectivity index (χ3n) is 6.08. The molecule has 5 rings (SSSR count). The van der Waals surface area contributed by atoms with Crippen molar-refractivity contribution < 1.29 is 14.7 Å². The topological polar surface area (TPSA) is 96.6 Å². The molecule has 0 spiro atoms. The summed E-state index contributed by atoms with van der Waals surface area (Å²) in [5.74, 6) is -1.58. The van der Waals surface area contributed by atoms with Gasteiger partial charge in [-0.15, -0.1) is 0 Å². The molecule has 180 valence electrons. The highest BCUT2D eigenvalue weighted by molar-refractivity contribution is 9.10. The number of carboxylic acids is 1. The van der Waals surface area contributed by atoms with Gasteiger partial charge in [0.05, 0.1) is 17.7 Å². The molecular weight excluding hydrogens is 520 g/mol. The summed E-state index contributed by atoms with van der Waals surface area (Å²) in [5.41, 5.74) is 5.74. The summed E-state index contributed by atoms with van der Waals surface area (Å²) in [6, 6.07) is 21.3. The molecule has 0 radical (unpaired) electrons. The lowest BCUT2D eigenvalue weighted by molar-refractivity contribution is -0.137. The number of nitrogens with one attached hydrogen (secondary N) is 1. The Balaban J connectivity index is 1.54. The first kappa shape index (κ1) is 23.7. The minimum Gasteiger partial charge on any atom is -0.481 e. The van der Waals surface area contributed by atoms with Crippen molar-refractivity contribution in [1.82, 2.24) is 9.55 Å². The minimum atomic E-state index is -0.847. The van der Waals surface area contributed by atoms with Crippen molar-refractivity contribution >= 4 is 44.9 Å². The van der Waals surface area contributed by atoms with E-state index >= 15 is 0 Å². The number of aliphatic carboxylic acids is 1. The number of hydrogen-bond donors (Lipinski definition) is 2. The number of nitrogens with zero attached hydrogens (tertiary/aromatic N) is 3. The Bertz CT molecular complexity index is 1450. The Morgan fingerprint density at radius 3 is 2.67 bits per heavy atom. The molecule has 3 aromatic carbocycles. The summed E-state index contributed by atoms with van der Waals surface area (Å²) in [4.78, 5) is 33.3. The number of aliphatic imine (C=N–C) groups is 1. The first-order valence-electron chi connectivity index (χ1n) is 11.5. The summed E-state index contributed by atoms with van der Waals surface area (Å²) < 4.78 is 2.87. The number of amides is 1. The van der Waals surface area contributed by atoms with Gasteiger partial charge >= 0.3 is 5.97 Å². The van der Waals surface area contributed by atoms with Gasteiger partial charge in [0, 0.05) is 35.5 Å². The Hall–Kier alpha value is -4.04. The molecule has 1 atom stereocenters. The molecule has 1 aromatic heterocycles. The van der Waals surface area contributed by atoms with Crippen LogP contribution in [0.25, 0.3) is 0 Å². The number of aromatic nitrogens is 2. The molecule has 0 bridgehead atoms. The summed E-state index contributed by atoms with van der Waals surface area (Å²) >= 11 is 3.47. The number of carbonyl (C=O) groups is 2. The average molecular weight is 543 g/mol. The third kappa shape index (κ3) is 5.28. The number of rotatable bonds is 8. The lowest BCUT2D eigenvalue weighted by Gasteiger charge is -2.15. The second-order valence-corrected chi connectivity index (χ2v) is 9.56. The molecule has 2 heterocycles. The Morgan fingerprint density at radius 2 is 1.92 bits per heavy atom. The third-order valence-corrected chi connectivity index (χ3v) is 6.57. The van der Waals surface area contributed by atoms with Gasteiger partial charge in [-0.1, -0.05) is 52.3 Å². The molecule has 1 aliphatic heterocycles. The first-order valence-corrected chi connectivity index (χ1v) is 12.3. The number of halogens is 1. The van der Waals surface area contributed by atoms with E-state index in [2.05, 4.69) is 26.2 Å². The van der Waals surface area contributed by atoms with Gasteiger partial charge in [0.2, 0.25) is 5.91 Å². The van der Waals surface area contributed by atoms with E-state index in [1.54, 1.807) is 12.5 Å². The second kappa shape index (κ2) is 10.3. The number of aryl methyl sites for hydroxylation is 1. The van der Waals surface area contributed by atoms with Crippen molar-refractivity contribution in [1.29, 1.82) is 0 Å². The molecule has 0 saturated carbocycles. The molecule has 0 aliphatic carbocycles. The number of imidazole rings is 1. The van der Waals surface area contributed by atoms with E-state index in [0.717, 1.165) is 38.1 Å². The van der Waals surface area contributed by atoms with Crippen LogP contribution in [-0.2, 0) is 22.6 Å². The Kier molecular flexibility index (Phi) is 6.77. The predicted octanol–water partition coefficient (Wildman–Crippen LogP) is 5.57. The highest BCUT2D eigenvalue weighted by Gasteiger charge is 2.35. The SMILES string of the molecule is O=C(O)CCc1cccc(C(=Nc2ccc(Cn3ccnc3)cc2)C2C(=O)Nc3cc(Br)ccc32)c1. The van der Waals surface area contributed by atoms with Crippen LogP contribution in [0, 0.1) is 0 Å². The van der Waals surface area contributed by atoms with E-state index in [1.165, 1.54) is 0 Å². The first-order chi connectivity index (χ1) is 17.5. The summed E-state index contributed by atoms with van der Waals surface area (Å²) in [6.07, 6.45) is 5.87. The molecule has 1 aliphatic rings. The largest absolute Gasteiger partial charge is 0.481 e. The van der Waals surface area contributed by atoms with Crippen molar-refractivity contribution in [3.05, 3.63) is 112 Å². The van der Waals surface area contributed by atoms with Gasteiger partial charge in [0.1, 0.15) is 5.92 Å². The van der Waals surface area contributed by atoms with E-state index < -0.39 is 11.9 Å². The van der Waals surface area contributed by atoms with Crippen LogP contribution in [0.3, 0.4) is 0 Å². The van der Waals surface area contributed by atoms with Crippen LogP contribution in [0.4, 0.5) is 11.4 Å². The highest BCUT2D eigenvalue weighted by Crippen LogP contribution is 2.38. The summed E-state index contributed by atoms with van der Waals surface area (Å²) in [6.45, 7) is 0.704. The van der Waals surface area contributed by atoms with Crippen LogP contribution >= 0.6 is 15.9 Å². The zero-order valence-corrected chi connectivity index (χ0v) is 20.9. The fraction of sp³-hybridized carbons (Fsp3) is 0.143. The van der Waals surface area contributed by atoms with Crippen molar-refractivity contribution in [2.24, 2.45) is 4.99 Å². The van der Waals surface area contributed by atoms with Crippen molar-refractivity contribution in [2.45, 2.75) is 25.3 Å². The van der Waals surface area contributed by atoms with Gasteiger partial charge in [-0.05, 0) is 59.0 Å². The normalized spacial score (nSPS) is 15.0. The van der Waals surface area contributed by atoms with E-state index in [4.69, 9.17) is 10.1 Å².